The second-order valence-corrected chi connectivity index (χ2v) is 7.34. The van der Waals surface area contributed by atoms with Crippen LogP contribution in [0.15, 0.2) is 30.3 Å². The molecule has 1 nitrogen and oxygen atoms in total. The van der Waals surface area contributed by atoms with Crippen LogP contribution in [0, 0.1) is 13.8 Å². The molecule has 0 fully saturated rings. The molecule has 0 spiro atoms. The van der Waals surface area contributed by atoms with Crippen LogP contribution in [0.5, 0.6) is 0 Å². The van der Waals surface area contributed by atoms with Crippen molar-refractivity contribution in [3.8, 4) is 0 Å². The molecule has 0 aliphatic rings. The molecule has 0 atom stereocenters. The Balaban J connectivity index is 2.62. The van der Waals surface area contributed by atoms with Crippen LogP contribution in [0.1, 0.15) is 9.27 Å². The van der Waals surface area contributed by atoms with Crippen molar-refractivity contribution in [3.05, 3.63) is 39.6 Å². The molecule has 2 heteroatoms. The van der Waals surface area contributed by atoms with E-state index in [4.69, 9.17) is 4.98 Å². The topological polar surface area (TPSA) is 12.9 Å². The number of aromatic nitrogens is 1. The van der Waals surface area contributed by atoms with E-state index < -0.39 is 0 Å². The van der Waals surface area contributed by atoms with Crippen LogP contribution in [0.4, 0.5) is 0 Å². The molecule has 0 N–H and O–H groups in total. The van der Waals surface area contributed by atoms with E-state index in [1.807, 2.05) is 0 Å². The van der Waals surface area contributed by atoms with Crippen LogP contribution in [0.25, 0.3) is 19.7 Å². The summed E-state index contributed by atoms with van der Waals surface area (Å²) in [4.78, 5) is 4.70. The minimum atomic E-state index is -0.163. The molecule has 3 aromatic rings. The van der Waals surface area contributed by atoms with E-state index in [2.05, 4.69) is 44.2 Å². The maximum absolute atomic E-state index is 4.70. The summed E-state index contributed by atoms with van der Waals surface area (Å²) in [6, 6.07) is 10.9. The summed E-state index contributed by atoms with van der Waals surface area (Å²) in [5.41, 5.74) is 2.63. The van der Waals surface area contributed by atoms with Crippen LogP contribution < -0.4 is 0 Å². The van der Waals surface area contributed by atoms with Gasteiger partial charge in [0.2, 0.25) is 0 Å². The number of aryl methyl sites for hydroxylation is 2. The van der Waals surface area contributed by atoms with Gasteiger partial charge in [-0.1, -0.05) is 0 Å². The molecule has 0 saturated carbocycles. The number of nitrogens with zero attached hydrogens (tertiary/aromatic N) is 1. The Hall–Kier alpha value is -0.840. The van der Waals surface area contributed by atoms with E-state index in [1.54, 1.807) is 0 Å². The quantitative estimate of drug-likeness (QED) is 0.582. The van der Waals surface area contributed by atoms with E-state index in [1.165, 1.54) is 29.0 Å². The van der Waals surface area contributed by atoms with Gasteiger partial charge in [-0.15, -0.1) is 0 Å². The molecule has 2 aromatic carbocycles. The first-order valence-electron chi connectivity index (χ1n) is 5.01. The summed E-state index contributed by atoms with van der Waals surface area (Å²) in [5, 5.41) is 2.68. The molecule has 15 heavy (non-hydrogen) atoms. The second kappa shape index (κ2) is 3.33. The third kappa shape index (κ3) is 1.40. The zero-order valence-electron chi connectivity index (χ0n) is 8.74. The molecule has 0 aliphatic carbocycles. The standard InChI is InChI=1S/C13H11NTe/c1-8-7-12-13(14-9(2)15-12)11-6-4-3-5-10(8)11/h3-7H,1-2H3. The SMILES string of the molecule is Cc1nc2c(cc(C)c3ccccc32)[te]1. The Morgan fingerprint density at radius 3 is 2.60 bits per heavy atom. The number of fused-ring (bicyclic) bond motifs is 3. The molecule has 0 aliphatic heterocycles. The number of rotatable bonds is 0. The molecule has 0 unspecified atom stereocenters. The van der Waals surface area contributed by atoms with Crippen molar-refractivity contribution in [2.45, 2.75) is 13.8 Å². The predicted octanol–water partition coefficient (Wildman–Crippen LogP) is 3.06. The van der Waals surface area contributed by atoms with Crippen molar-refractivity contribution in [1.82, 2.24) is 4.98 Å². The molecule has 0 saturated heterocycles. The van der Waals surface area contributed by atoms with Crippen LogP contribution >= 0.6 is 0 Å². The van der Waals surface area contributed by atoms with Gasteiger partial charge in [0, 0.05) is 0 Å². The molecule has 0 amide bonds. The summed E-state index contributed by atoms with van der Waals surface area (Å²) in [6.45, 7) is 4.36. The van der Waals surface area contributed by atoms with Gasteiger partial charge >= 0.3 is 98.6 Å². The zero-order chi connectivity index (χ0) is 10.4. The molecule has 74 valence electrons. The van der Waals surface area contributed by atoms with Crippen molar-refractivity contribution >= 4 is 40.1 Å². The Kier molecular flexibility index (Phi) is 2.09. The van der Waals surface area contributed by atoms with E-state index in [0.717, 1.165) is 0 Å². The molecule has 1 aromatic heterocycles. The van der Waals surface area contributed by atoms with Crippen molar-refractivity contribution in [1.29, 1.82) is 0 Å². The third-order valence-electron chi connectivity index (χ3n) is 2.71. The van der Waals surface area contributed by atoms with Gasteiger partial charge in [-0.2, -0.15) is 0 Å². The first kappa shape index (κ1) is 9.39. The van der Waals surface area contributed by atoms with Crippen molar-refractivity contribution in [2.24, 2.45) is 0 Å². The normalized spacial score (nSPS) is 11.3. The fourth-order valence-corrected chi connectivity index (χ4v) is 4.73. The van der Waals surface area contributed by atoms with Crippen LogP contribution in [-0.2, 0) is 0 Å². The van der Waals surface area contributed by atoms with Gasteiger partial charge in [0.25, 0.3) is 0 Å². The maximum atomic E-state index is 4.70. The van der Waals surface area contributed by atoms with Gasteiger partial charge in [-0.05, 0) is 0 Å². The minimum absolute atomic E-state index is 0.163. The zero-order valence-corrected chi connectivity index (χ0v) is 11.1. The van der Waals surface area contributed by atoms with Crippen molar-refractivity contribution < 1.29 is 0 Å². The van der Waals surface area contributed by atoms with E-state index in [9.17, 15) is 0 Å². The van der Waals surface area contributed by atoms with Crippen LogP contribution in [0.3, 0.4) is 0 Å². The molecule has 0 bridgehead atoms. The summed E-state index contributed by atoms with van der Waals surface area (Å²) >= 11 is -0.163. The van der Waals surface area contributed by atoms with Gasteiger partial charge in [-0.3, -0.25) is 0 Å². The Morgan fingerprint density at radius 2 is 1.80 bits per heavy atom. The second-order valence-electron chi connectivity index (χ2n) is 3.82. The van der Waals surface area contributed by atoms with Gasteiger partial charge in [0.05, 0.1) is 0 Å². The molecule has 1 heterocycles. The molecular weight excluding hydrogens is 298 g/mol. The number of benzene rings is 2. The van der Waals surface area contributed by atoms with Gasteiger partial charge in [0.15, 0.2) is 0 Å². The Bertz CT molecular complexity index is 652. The van der Waals surface area contributed by atoms with E-state index >= 15 is 0 Å². The Labute approximate surface area is 98.4 Å². The molecule has 0 radical (unpaired) electrons. The number of hydrogen-bond acceptors (Lipinski definition) is 1. The summed E-state index contributed by atoms with van der Waals surface area (Å²) in [6.07, 6.45) is 0. The summed E-state index contributed by atoms with van der Waals surface area (Å²) < 4.78 is 2.86. The van der Waals surface area contributed by atoms with Crippen LogP contribution in [-0.4, -0.2) is 25.4 Å². The van der Waals surface area contributed by atoms with E-state index in [-0.39, 0.29) is 20.4 Å². The average Bonchev–Trinajstić information content (AvgIpc) is 2.59. The Morgan fingerprint density at radius 1 is 1.07 bits per heavy atom. The van der Waals surface area contributed by atoms with Crippen molar-refractivity contribution in [3.63, 3.8) is 0 Å². The summed E-state index contributed by atoms with van der Waals surface area (Å²) in [5.74, 6) is 0. The fourth-order valence-electron chi connectivity index (χ4n) is 2.04. The molecular formula is C13H11NTe. The molecule has 3 rings (SSSR count). The third-order valence-corrected chi connectivity index (χ3v) is 5.33. The monoisotopic (exact) mass is 311 g/mol. The van der Waals surface area contributed by atoms with Gasteiger partial charge in [-0.25, -0.2) is 0 Å². The first-order valence-corrected chi connectivity index (χ1v) is 7.34. The van der Waals surface area contributed by atoms with Crippen LogP contribution in [0.2, 0.25) is 0 Å². The van der Waals surface area contributed by atoms with Gasteiger partial charge < -0.3 is 0 Å². The number of hydrogen-bond donors (Lipinski definition) is 0. The average molecular weight is 309 g/mol. The van der Waals surface area contributed by atoms with Crippen molar-refractivity contribution in [2.75, 3.05) is 0 Å². The van der Waals surface area contributed by atoms with E-state index in [0.29, 0.717) is 0 Å². The first-order chi connectivity index (χ1) is 7.25. The van der Waals surface area contributed by atoms with Gasteiger partial charge in [0.1, 0.15) is 0 Å². The fraction of sp³-hybridized carbons (Fsp3) is 0.154. The summed E-state index contributed by atoms with van der Waals surface area (Å²) in [7, 11) is 0. The predicted molar refractivity (Wildman–Crippen MR) is 65.7 cm³/mol.